The van der Waals surface area contributed by atoms with E-state index in [2.05, 4.69) is 25.4 Å². The maximum absolute atomic E-state index is 13.1. The molecule has 1 unspecified atom stereocenters. The number of hydrogen-bond donors (Lipinski definition) is 3. The molecule has 2 aliphatic heterocycles. The number of aromatic nitrogens is 2. The number of nitrogens with one attached hydrogen (secondary N) is 2. The van der Waals surface area contributed by atoms with Crippen LogP contribution in [0.25, 0.3) is 11.3 Å². The number of hydrogen-bond acceptors (Lipinski definition) is 7. The Bertz CT molecular complexity index is 1450. The number of nitrogens with two attached hydrogens (primary N) is 1. The van der Waals surface area contributed by atoms with Gasteiger partial charge in [0.15, 0.2) is 0 Å². The zero-order chi connectivity index (χ0) is 24.7. The van der Waals surface area contributed by atoms with Gasteiger partial charge in [-0.1, -0.05) is 18.2 Å². The zero-order valence-corrected chi connectivity index (χ0v) is 19.2. The standard InChI is InChI=1S/C25H23N7O3/c1-13-9-20-30-14(2)21-22(33)18(12-28-24(21)32(20)31-13)25(35)29-11-15-3-8-19(27-10-15)16-4-6-17(7-5-16)23(26)34/h3-8,10,12,20H,9,11H2,1-2H3,(H2,26,34)(H,28,33)(H,29,35). The van der Waals surface area contributed by atoms with E-state index >= 15 is 0 Å². The molecule has 4 N–H and O–H groups in total. The van der Waals surface area contributed by atoms with Crippen LogP contribution in [0, 0.1) is 0 Å². The molecule has 0 bridgehead atoms. The molecule has 0 saturated heterocycles. The van der Waals surface area contributed by atoms with Crippen LogP contribution in [0.1, 0.15) is 52.1 Å². The fourth-order valence-electron chi connectivity index (χ4n) is 4.22. The number of hydrazone groups is 1. The molecule has 1 atom stereocenters. The second-order valence-corrected chi connectivity index (χ2v) is 8.51. The number of amides is 2. The highest BCUT2D eigenvalue weighted by Gasteiger charge is 2.34. The summed E-state index contributed by atoms with van der Waals surface area (Å²) in [5.74, 6) is -0.416. The average molecular weight is 470 g/mol. The van der Waals surface area contributed by atoms with Gasteiger partial charge in [0, 0.05) is 47.9 Å². The van der Waals surface area contributed by atoms with E-state index < -0.39 is 11.8 Å². The first kappa shape index (κ1) is 22.2. The normalized spacial score (nSPS) is 16.2. The molecule has 1 aromatic carbocycles. The van der Waals surface area contributed by atoms with E-state index in [4.69, 9.17) is 5.73 Å². The lowest BCUT2D eigenvalue weighted by Crippen LogP contribution is -2.38. The lowest BCUT2D eigenvalue weighted by atomic mass is 10.1. The molecule has 0 radical (unpaired) electrons. The second-order valence-electron chi connectivity index (χ2n) is 8.51. The van der Waals surface area contributed by atoms with E-state index in [1.807, 2.05) is 19.1 Å². The van der Waals surface area contributed by atoms with Crippen LogP contribution in [0.2, 0.25) is 0 Å². The fraction of sp³-hybridized carbons (Fsp3) is 0.200. The van der Waals surface area contributed by atoms with Crippen LogP contribution in [-0.4, -0.2) is 39.4 Å². The topological polar surface area (TPSA) is 146 Å². The molecule has 4 heterocycles. The summed E-state index contributed by atoms with van der Waals surface area (Å²) in [5.41, 5.74) is 9.53. The van der Waals surface area contributed by atoms with Gasteiger partial charge < -0.3 is 16.0 Å². The number of nitrogens with zero attached hydrogens (tertiary/aromatic N) is 4. The molecule has 3 aromatic rings. The number of anilines is 1. The third kappa shape index (κ3) is 4.10. The van der Waals surface area contributed by atoms with Gasteiger partial charge in [0.2, 0.25) is 11.3 Å². The number of carbonyl (C=O) groups is 2. The highest BCUT2D eigenvalue weighted by molar-refractivity contribution is 6.07. The molecular formula is C25H23N7O3. The molecule has 2 aromatic heterocycles. The lowest BCUT2D eigenvalue weighted by Gasteiger charge is -2.27. The van der Waals surface area contributed by atoms with Crippen molar-refractivity contribution in [3.8, 4) is 11.3 Å². The molecule has 2 aliphatic rings. The minimum atomic E-state index is -0.490. The molecule has 0 aliphatic carbocycles. The van der Waals surface area contributed by atoms with Gasteiger partial charge in [-0.15, -0.1) is 0 Å². The van der Waals surface area contributed by atoms with Crippen LogP contribution in [0.3, 0.4) is 0 Å². The third-order valence-electron chi connectivity index (χ3n) is 6.02. The zero-order valence-electron chi connectivity index (χ0n) is 19.2. The summed E-state index contributed by atoms with van der Waals surface area (Å²) < 4.78 is 0. The molecule has 0 fully saturated rings. The van der Waals surface area contributed by atoms with Crippen molar-refractivity contribution in [2.24, 2.45) is 15.8 Å². The molecule has 176 valence electrons. The van der Waals surface area contributed by atoms with Crippen LogP contribution >= 0.6 is 0 Å². The lowest BCUT2D eigenvalue weighted by molar-refractivity contribution is 0.0948. The average Bonchev–Trinajstić information content (AvgIpc) is 3.23. The summed E-state index contributed by atoms with van der Waals surface area (Å²) in [4.78, 5) is 49.3. The Labute approximate surface area is 200 Å². The number of primary amides is 1. The smallest absolute Gasteiger partial charge is 0.257 e. The van der Waals surface area contributed by atoms with Crippen LogP contribution in [0.4, 0.5) is 5.82 Å². The Morgan fingerprint density at radius 2 is 1.94 bits per heavy atom. The summed E-state index contributed by atoms with van der Waals surface area (Å²) in [6.45, 7) is 3.90. The van der Waals surface area contributed by atoms with Gasteiger partial charge in [-0.2, -0.15) is 5.10 Å². The number of aromatic amines is 1. The van der Waals surface area contributed by atoms with Gasteiger partial charge in [-0.25, -0.2) is 5.01 Å². The van der Waals surface area contributed by atoms with Crippen molar-refractivity contribution in [1.82, 2.24) is 15.3 Å². The first-order valence-corrected chi connectivity index (χ1v) is 11.1. The van der Waals surface area contributed by atoms with Crippen LogP contribution in [-0.2, 0) is 6.54 Å². The van der Waals surface area contributed by atoms with Crippen molar-refractivity contribution < 1.29 is 9.59 Å². The Balaban J connectivity index is 1.30. The first-order valence-electron chi connectivity index (χ1n) is 11.1. The molecular weight excluding hydrogens is 446 g/mol. The fourth-order valence-corrected chi connectivity index (χ4v) is 4.22. The Morgan fingerprint density at radius 1 is 1.17 bits per heavy atom. The Hall–Kier alpha value is -4.60. The molecule has 2 amide bonds. The summed E-state index contributed by atoms with van der Waals surface area (Å²) >= 11 is 0. The third-order valence-corrected chi connectivity index (χ3v) is 6.02. The van der Waals surface area contributed by atoms with Crippen LogP contribution in [0.5, 0.6) is 0 Å². The minimum absolute atomic E-state index is 0.00997. The molecule has 5 rings (SSSR count). The first-order chi connectivity index (χ1) is 16.8. The predicted octanol–water partition coefficient (Wildman–Crippen LogP) is 2.20. The second kappa shape index (κ2) is 8.64. The van der Waals surface area contributed by atoms with Crippen molar-refractivity contribution in [3.05, 3.63) is 81.3 Å². The van der Waals surface area contributed by atoms with E-state index in [0.29, 0.717) is 29.1 Å². The highest BCUT2D eigenvalue weighted by Crippen LogP contribution is 2.30. The number of pyridine rings is 2. The van der Waals surface area contributed by atoms with Gasteiger partial charge in [0.1, 0.15) is 17.5 Å². The van der Waals surface area contributed by atoms with Gasteiger partial charge in [0.25, 0.3) is 5.91 Å². The molecule has 10 nitrogen and oxygen atoms in total. The monoisotopic (exact) mass is 469 g/mol. The number of rotatable bonds is 5. The SMILES string of the molecule is CC1=NN2c3[nH]cc(C(=O)NCc4ccc(-c5ccc(C(N)=O)cc5)nc4)c(=O)c3C(C)=NC2C1. The van der Waals surface area contributed by atoms with E-state index in [9.17, 15) is 14.4 Å². The number of carbonyl (C=O) groups excluding carboxylic acids is 2. The highest BCUT2D eigenvalue weighted by atomic mass is 16.2. The summed E-state index contributed by atoms with van der Waals surface area (Å²) in [7, 11) is 0. The largest absolute Gasteiger partial charge is 0.366 e. The van der Waals surface area contributed by atoms with Crippen LogP contribution < -0.4 is 21.5 Å². The maximum Gasteiger partial charge on any atom is 0.257 e. The number of benzene rings is 1. The van der Waals surface area contributed by atoms with E-state index in [-0.39, 0.29) is 23.7 Å². The van der Waals surface area contributed by atoms with Crippen molar-refractivity contribution in [2.75, 3.05) is 5.01 Å². The van der Waals surface area contributed by atoms with Crippen molar-refractivity contribution in [3.63, 3.8) is 0 Å². The molecule has 10 heteroatoms. The van der Waals surface area contributed by atoms with Gasteiger partial charge in [0.05, 0.1) is 11.3 Å². The summed E-state index contributed by atoms with van der Waals surface area (Å²) in [6.07, 6.45) is 3.62. The van der Waals surface area contributed by atoms with E-state index in [0.717, 1.165) is 22.5 Å². The number of fused-ring (bicyclic) bond motifs is 3. The Morgan fingerprint density at radius 3 is 2.63 bits per heavy atom. The quantitative estimate of drug-likeness (QED) is 0.524. The number of H-pyrrole nitrogens is 1. The van der Waals surface area contributed by atoms with E-state index in [1.54, 1.807) is 42.4 Å². The molecule has 35 heavy (non-hydrogen) atoms. The predicted molar refractivity (Wildman–Crippen MR) is 133 cm³/mol. The minimum Gasteiger partial charge on any atom is -0.366 e. The number of aliphatic imine (C=N–C) groups is 1. The van der Waals surface area contributed by atoms with Gasteiger partial charge >= 0.3 is 0 Å². The van der Waals surface area contributed by atoms with Crippen molar-refractivity contribution in [2.45, 2.75) is 33.0 Å². The van der Waals surface area contributed by atoms with Gasteiger partial charge in [-0.3, -0.25) is 24.4 Å². The van der Waals surface area contributed by atoms with E-state index in [1.165, 1.54) is 6.20 Å². The summed E-state index contributed by atoms with van der Waals surface area (Å²) in [6, 6.07) is 10.5. The maximum atomic E-state index is 13.1. The molecule has 0 spiro atoms. The molecule has 0 saturated carbocycles. The van der Waals surface area contributed by atoms with Crippen molar-refractivity contribution >= 4 is 29.1 Å². The Kier molecular flexibility index (Phi) is 5.48. The van der Waals surface area contributed by atoms with Crippen molar-refractivity contribution in [1.29, 1.82) is 0 Å². The van der Waals surface area contributed by atoms with Gasteiger partial charge in [-0.05, 0) is 37.6 Å². The summed E-state index contributed by atoms with van der Waals surface area (Å²) in [5, 5.41) is 8.95. The van der Waals surface area contributed by atoms with Crippen LogP contribution in [0.15, 0.2) is 63.7 Å².